The SMILES string of the molecule is COc1ccc2nc(CN3CCN(C(=O)Cn4cnc5ccccc54)CC3)[nH]c2c1. The van der Waals surface area contributed by atoms with Gasteiger partial charge in [0.2, 0.25) is 5.91 Å². The molecular formula is C22H24N6O2. The molecule has 2 aromatic heterocycles. The van der Waals surface area contributed by atoms with Crippen molar-refractivity contribution in [2.45, 2.75) is 13.1 Å². The maximum atomic E-state index is 12.8. The van der Waals surface area contributed by atoms with Crippen molar-refractivity contribution in [1.29, 1.82) is 0 Å². The number of imidazole rings is 2. The first kappa shape index (κ1) is 18.6. The molecule has 5 rings (SSSR count). The number of methoxy groups -OCH3 is 1. The van der Waals surface area contributed by atoms with Crippen molar-refractivity contribution in [3.63, 3.8) is 0 Å². The normalized spacial score (nSPS) is 15.2. The predicted molar refractivity (Wildman–Crippen MR) is 114 cm³/mol. The summed E-state index contributed by atoms with van der Waals surface area (Å²) in [4.78, 5) is 29.5. The van der Waals surface area contributed by atoms with Crippen molar-refractivity contribution in [3.8, 4) is 5.75 Å². The number of nitrogens with zero attached hydrogens (tertiary/aromatic N) is 5. The average Bonchev–Trinajstić information content (AvgIpc) is 3.37. The summed E-state index contributed by atoms with van der Waals surface area (Å²) >= 11 is 0. The molecule has 0 spiro atoms. The van der Waals surface area contributed by atoms with Crippen LogP contribution < -0.4 is 4.74 Å². The van der Waals surface area contributed by atoms with E-state index >= 15 is 0 Å². The van der Waals surface area contributed by atoms with Gasteiger partial charge in [-0.25, -0.2) is 9.97 Å². The highest BCUT2D eigenvalue weighted by Gasteiger charge is 2.22. The Morgan fingerprint density at radius 1 is 1.10 bits per heavy atom. The van der Waals surface area contributed by atoms with Crippen molar-refractivity contribution in [3.05, 3.63) is 54.6 Å². The van der Waals surface area contributed by atoms with Crippen molar-refractivity contribution < 1.29 is 9.53 Å². The molecule has 0 aliphatic carbocycles. The largest absolute Gasteiger partial charge is 0.497 e. The second-order valence-electron chi connectivity index (χ2n) is 7.58. The summed E-state index contributed by atoms with van der Waals surface area (Å²) in [5.41, 5.74) is 3.82. The number of rotatable bonds is 5. The van der Waals surface area contributed by atoms with Crippen LogP contribution in [0.5, 0.6) is 5.75 Å². The van der Waals surface area contributed by atoms with Gasteiger partial charge in [0.1, 0.15) is 18.1 Å². The molecule has 0 atom stereocenters. The van der Waals surface area contributed by atoms with Gasteiger partial charge in [-0.1, -0.05) is 12.1 Å². The van der Waals surface area contributed by atoms with Crippen LogP contribution >= 0.6 is 0 Å². The molecule has 154 valence electrons. The minimum atomic E-state index is 0.133. The Bertz CT molecular complexity index is 1190. The number of carbonyl (C=O) groups excluding carboxylic acids is 1. The highest BCUT2D eigenvalue weighted by Crippen LogP contribution is 2.19. The Labute approximate surface area is 174 Å². The van der Waals surface area contributed by atoms with E-state index in [1.54, 1.807) is 13.4 Å². The highest BCUT2D eigenvalue weighted by molar-refractivity contribution is 5.80. The number of nitrogens with one attached hydrogen (secondary N) is 1. The van der Waals surface area contributed by atoms with Crippen molar-refractivity contribution in [2.24, 2.45) is 0 Å². The number of carbonyl (C=O) groups is 1. The number of hydrogen-bond acceptors (Lipinski definition) is 5. The number of H-pyrrole nitrogens is 1. The zero-order chi connectivity index (χ0) is 20.5. The number of ether oxygens (including phenoxy) is 1. The molecule has 0 saturated carbocycles. The molecule has 4 aromatic rings. The molecule has 0 bridgehead atoms. The van der Waals surface area contributed by atoms with E-state index in [1.807, 2.05) is 51.9 Å². The Kier molecular flexibility index (Phi) is 4.84. The minimum Gasteiger partial charge on any atom is -0.497 e. The molecule has 8 heteroatoms. The van der Waals surface area contributed by atoms with Crippen LogP contribution in [0.15, 0.2) is 48.8 Å². The van der Waals surface area contributed by atoms with Crippen LogP contribution in [-0.2, 0) is 17.9 Å². The molecule has 1 aliphatic rings. The molecule has 0 unspecified atom stereocenters. The van der Waals surface area contributed by atoms with E-state index in [4.69, 9.17) is 4.74 Å². The molecule has 1 N–H and O–H groups in total. The third kappa shape index (κ3) is 3.61. The third-order valence-electron chi connectivity index (χ3n) is 5.67. The van der Waals surface area contributed by atoms with Crippen LogP contribution in [0.25, 0.3) is 22.1 Å². The number of fused-ring (bicyclic) bond motifs is 2. The smallest absolute Gasteiger partial charge is 0.242 e. The first-order chi connectivity index (χ1) is 14.7. The zero-order valence-corrected chi connectivity index (χ0v) is 16.9. The van der Waals surface area contributed by atoms with Gasteiger partial charge in [0.25, 0.3) is 0 Å². The Hall–Kier alpha value is -3.39. The second kappa shape index (κ2) is 7.79. The number of hydrogen-bond donors (Lipinski definition) is 1. The fourth-order valence-electron chi connectivity index (χ4n) is 3.99. The number of amides is 1. The number of benzene rings is 2. The lowest BCUT2D eigenvalue weighted by Crippen LogP contribution is -2.49. The minimum absolute atomic E-state index is 0.133. The molecule has 8 nitrogen and oxygen atoms in total. The number of para-hydroxylation sites is 2. The van der Waals surface area contributed by atoms with Gasteiger partial charge in [-0.3, -0.25) is 9.69 Å². The van der Waals surface area contributed by atoms with Crippen LogP contribution in [0.4, 0.5) is 0 Å². The molecule has 1 amide bonds. The average molecular weight is 404 g/mol. The fourth-order valence-corrected chi connectivity index (χ4v) is 3.99. The summed E-state index contributed by atoms with van der Waals surface area (Å²) in [6.07, 6.45) is 1.75. The second-order valence-corrected chi connectivity index (χ2v) is 7.58. The predicted octanol–water partition coefficient (Wildman–Crippen LogP) is 2.27. The van der Waals surface area contributed by atoms with Gasteiger partial charge < -0.3 is 19.2 Å². The Morgan fingerprint density at radius 2 is 1.93 bits per heavy atom. The van der Waals surface area contributed by atoms with E-state index in [1.165, 1.54) is 0 Å². The van der Waals surface area contributed by atoms with E-state index in [-0.39, 0.29) is 5.91 Å². The van der Waals surface area contributed by atoms with Gasteiger partial charge in [-0.15, -0.1) is 0 Å². The van der Waals surface area contributed by atoms with E-state index in [0.717, 1.165) is 66.4 Å². The fraction of sp³-hybridized carbons (Fsp3) is 0.318. The van der Waals surface area contributed by atoms with Crippen LogP contribution in [-0.4, -0.2) is 68.5 Å². The lowest BCUT2D eigenvalue weighted by atomic mass is 10.3. The molecular weight excluding hydrogens is 380 g/mol. The number of piperazine rings is 1. The zero-order valence-electron chi connectivity index (χ0n) is 16.9. The Morgan fingerprint density at radius 3 is 2.77 bits per heavy atom. The maximum absolute atomic E-state index is 12.8. The maximum Gasteiger partial charge on any atom is 0.242 e. The summed E-state index contributed by atoms with van der Waals surface area (Å²) in [6, 6.07) is 13.7. The molecule has 0 radical (unpaired) electrons. The van der Waals surface area contributed by atoms with Crippen molar-refractivity contribution in [2.75, 3.05) is 33.3 Å². The van der Waals surface area contributed by atoms with Crippen molar-refractivity contribution >= 4 is 28.0 Å². The van der Waals surface area contributed by atoms with E-state index in [2.05, 4.69) is 19.9 Å². The van der Waals surface area contributed by atoms with Crippen molar-refractivity contribution in [1.82, 2.24) is 29.3 Å². The summed E-state index contributed by atoms with van der Waals surface area (Å²) in [5.74, 6) is 1.88. The van der Waals surface area contributed by atoms with Crippen LogP contribution in [0.3, 0.4) is 0 Å². The highest BCUT2D eigenvalue weighted by atomic mass is 16.5. The lowest BCUT2D eigenvalue weighted by Gasteiger charge is -2.34. The molecule has 1 aliphatic heterocycles. The van der Waals surface area contributed by atoms with Crippen LogP contribution in [0.2, 0.25) is 0 Å². The summed E-state index contributed by atoms with van der Waals surface area (Å²) < 4.78 is 7.20. The molecule has 2 aromatic carbocycles. The molecule has 3 heterocycles. The van der Waals surface area contributed by atoms with E-state index < -0.39 is 0 Å². The van der Waals surface area contributed by atoms with Gasteiger partial charge in [0.05, 0.1) is 42.0 Å². The first-order valence-corrected chi connectivity index (χ1v) is 10.1. The Balaban J connectivity index is 1.18. The van der Waals surface area contributed by atoms with Crippen LogP contribution in [0.1, 0.15) is 5.82 Å². The summed E-state index contributed by atoms with van der Waals surface area (Å²) in [7, 11) is 1.66. The molecule has 30 heavy (non-hydrogen) atoms. The monoisotopic (exact) mass is 404 g/mol. The van der Waals surface area contributed by atoms with Gasteiger partial charge in [-0.2, -0.15) is 0 Å². The third-order valence-corrected chi connectivity index (χ3v) is 5.67. The standard InChI is InChI=1S/C22H24N6O2/c1-30-16-6-7-17-19(12-16)25-21(24-17)13-26-8-10-27(11-9-26)22(29)14-28-15-23-18-4-2-3-5-20(18)28/h2-7,12,15H,8-11,13-14H2,1H3,(H,24,25). The quantitative estimate of drug-likeness (QED) is 0.552. The summed E-state index contributed by atoms with van der Waals surface area (Å²) in [6.45, 7) is 4.17. The first-order valence-electron chi connectivity index (χ1n) is 10.1. The number of aromatic nitrogens is 4. The topological polar surface area (TPSA) is 79.3 Å². The molecule has 1 saturated heterocycles. The van der Waals surface area contributed by atoms with Gasteiger partial charge in [0.15, 0.2) is 0 Å². The summed E-state index contributed by atoms with van der Waals surface area (Å²) in [5, 5.41) is 0. The lowest BCUT2D eigenvalue weighted by molar-refractivity contribution is -0.133. The van der Waals surface area contributed by atoms with E-state index in [0.29, 0.717) is 6.54 Å². The van der Waals surface area contributed by atoms with Gasteiger partial charge in [-0.05, 0) is 24.3 Å². The van der Waals surface area contributed by atoms with E-state index in [9.17, 15) is 4.79 Å². The molecule has 1 fully saturated rings. The number of aromatic amines is 1. The van der Waals surface area contributed by atoms with Gasteiger partial charge >= 0.3 is 0 Å². The van der Waals surface area contributed by atoms with Gasteiger partial charge in [0, 0.05) is 32.2 Å². The van der Waals surface area contributed by atoms with Crippen LogP contribution in [0, 0.1) is 0 Å².